The zero-order valence-electron chi connectivity index (χ0n) is 10.9. The Morgan fingerprint density at radius 3 is 2.44 bits per heavy atom. The molecule has 0 spiro atoms. The van der Waals surface area contributed by atoms with Gasteiger partial charge in [-0.05, 0) is 42.0 Å². The van der Waals surface area contributed by atoms with Gasteiger partial charge in [0.15, 0.2) is 0 Å². The van der Waals surface area contributed by atoms with Crippen molar-refractivity contribution in [2.75, 3.05) is 0 Å². The van der Waals surface area contributed by atoms with E-state index in [1.54, 1.807) is 0 Å². The van der Waals surface area contributed by atoms with E-state index in [0.717, 1.165) is 18.4 Å². The molecule has 0 heterocycles. The molecule has 2 aromatic rings. The van der Waals surface area contributed by atoms with Crippen LogP contribution in [0.25, 0.3) is 10.8 Å². The van der Waals surface area contributed by atoms with Crippen LogP contribution in [-0.2, 0) is 5.60 Å². The minimum absolute atomic E-state index is 0.406. The maximum Gasteiger partial charge on any atom is 0.0902 e. The third-order valence-corrected chi connectivity index (χ3v) is 4.49. The van der Waals surface area contributed by atoms with Crippen LogP contribution in [0.4, 0.5) is 0 Å². The Kier molecular flexibility index (Phi) is 2.87. The van der Waals surface area contributed by atoms with Crippen LogP contribution in [0.15, 0.2) is 42.5 Å². The van der Waals surface area contributed by atoms with E-state index in [0.29, 0.717) is 5.92 Å². The molecule has 18 heavy (non-hydrogen) atoms. The summed E-state index contributed by atoms with van der Waals surface area (Å²) in [6.07, 6.45) is 4.81. The standard InChI is InChI=1S/C17H20O/c1-17(18,14-9-3-4-10-14)16-12-6-8-13-7-2-5-11-15(13)16/h2,5-8,11-12,14,18H,3-4,9-10H2,1H3/t17-/m0/s1. The van der Waals surface area contributed by atoms with Crippen molar-refractivity contribution in [2.45, 2.75) is 38.2 Å². The van der Waals surface area contributed by atoms with E-state index in [9.17, 15) is 5.11 Å². The molecule has 0 aromatic heterocycles. The molecule has 1 aliphatic rings. The highest BCUT2D eigenvalue weighted by atomic mass is 16.3. The second-order valence-corrected chi connectivity index (χ2v) is 5.66. The Balaban J connectivity index is 2.13. The van der Waals surface area contributed by atoms with Crippen LogP contribution in [0.5, 0.6) is 0 Å². The summed E-state index contributed by atoms with van der Waals surface area (Å²) in [5, 5.41) is 13.4. The van der Waals surface area contributed by atoms with Crippen LogP contribution in [0.2, 0.25) is 0 Å². The second kappa shape index (κ2) is 4.40. The van der Waals surface area contributed by atoms with Crippen molar-refractivity contribution in [3.8, 4) is 0 Å². The predicted molar refractivity (Wildman–Crippen MR) is 75.5 cm³/mol. The van der Waals surface area contributed by atoms with Crippen LogP contribution >= 0.6 is 0 Å². The fourth-order valence-corrected chi connectivity index (χ4v) is 3.37. The van der Waals surface area contributed by atoms with Gasteiger partial charge in [0.25, 0.3) is 0 Å². The van der Waals surface area contributed by atoms with Crippen molar-refractivity contribution in [1.82, 2.24) is 0 Å². The van der Waals surface area contributed by atoms with Crippen molar-refractivity contribution < 1.29 is 5.11 Å². The minimum Gasteiger partial charge on any atom is -0.385 e. The van der Waals surface area contributed by atoms with Gasteiger partial charge in [-0.3, -0.25) is 0 Å². The molecule has 0 bridgehead atoms. The van der Waals surface area contributed by atoms with Crippen LogP contribution in [0.1, 0.15) is 38.2 Å². The van der Waals surface area contributed by atoms with Crippen molar-refractivity contribution in [3.05, 3.63) is 48.0 Å². The number of benzene rings is 2. The lowest BCUT2D eigenvalue weighted by Gasteiger charge is -2.31. The Bertz CT molecular complexity index is 545. The van der Waals surface area contributed by atoms with Gasteiger partial charge in [0.05, 0.1) is 5.60 Å². The van der Waals surface area contributed by atoms with Gasteiger partial charge < -0.3 is 5.11 Å². The van der Waals surface area contributed by atoms with Crippen LogP contribution in [0.3, 0.4) is 0 Å². The Hall–Kier alpha value is -1.34. The lowest BCUT2D eigenvalue weighted by Crippen LogP contribution is -2.30. The summed E-state index contributed by atoms with van der Waals surface area (Å²) >= 11 is 0. The van der Waals surface area contributed by atoms with E-state index >= 15 is 0 Å². The van der Waals surface area contributed by atoms with Crippen molar-refractivity contribution in [1.29, 1.82) is 0 Å². The fraction of sp³-hybridized carbons (Fsp3) is 0.412. The number of hydrogen-bond acceptors (Lipinski definition) is 1. The van der Waals surface area contributed by atoms with Crippen LogP contribution < -0.4 is 0 Å². The van der Waals surface area contributed by atoms with Crippen molar-refractivity contribution in [2.24, 2.45) is 5.92 Å². The summed E-state index contributed by atoms with van der Waals surface area (Å²) < 4.78 is 0. The average molecular weight is 240 g/mol. The van der Waals surface area contributed by atoms with Crippen LogP contribution in [0, 0.1) is 5.92 Å². The van der Waals surface area contributed by atoms with E-state index < -0.39 is 5.60 Å². The maximum atomic E-state index is 11.0. The summed E-state index contributed by atoms with van der Waals surface area (Å²) in [4.78, 5) is 0. The largest absolute Gasteiger partial charge is 0.385 e. The molecule has 0 aliphatic heterocycles. The Morgan fingerprint density at radius 2 is 1.67 bits per heavy atom. The summed E-state index contributed by atoms with van der Waals surface area (Å²) in [6.45, 7) is 1.99. The third kappa shape index (κ3) is 1.83. The van der Waals surface area contributed by atoms with Gasteiger partial charge in [0.1, 0.15) is 0 Å². The highest BCUT2D eigenvalue weighted by molar-refractivity contribution is 5.86. The maximum absolute atomic E-state index is 11.0. The summed E-state index contributed by atoms with van der Waals surface area (Å²) in [7, 11) is 0. The quantitative estimate of drug-likeness (QED) is 0.832. The summed E-state index contributed by atoms with van der Waals surface area (Å²) in [5.41, 5.74) is 0.393. The van der Waals surface area contributed by atoms with Gasteiger partial charge in [-0.2, -0.15) is 0 Å². The van der Waals surface area contributed by atoms with E-state index in [-0.39, 0.29) is 0 Å². The lowest BCUT2D eigenvalue weighted by molar-refractivity contribution is -0.00192. The molecule has 1 atom stereocenters. The SMILES string of the molecule is C[C@@](O)(c1cccc2ccccc12)C1CCCC1. The predicted octanol–water partition coefficient (Wildman–Crippen LogP) is 4.24. The number of hydrogen-bond donors (Lipinski definition) is 1. The van der Waals surface area contributed by atoms with Gasteiger partial charge in [-0.15, -0.1) is 0 Å². The number of fused-ring (bicyclic) bond motifs is 1. The minimum atomic E-state index is -0.697. The van der Waals surface area contributed by atoms with Crippen LogP contribution in [-0.4, -0.2) is 5.11 Å². The molecule has 0 unspecified atom stereocenters. The zero-order chi connectivity index (χ0) is 12.6. The first-order valence-corrected chi connectivity index (χ1v) is 6.90. The summed E-state index contributed by atoms with van der Waals surface area (Å²) in [6, 6.07) is 14.6. The Morgan fingerprint density at radius 1 is 1.00 bits per heavy atom. The highest BCUT2D eigenvalue weighted by Gasteiger charge is 2.36. The van der Waals surface area contributed by atoms with E-state index in [2.05, 4.69) is 42.5 Å². The molecule has 1 fully saturated rings. The first kappa shape index (κ1) is 11.7. The lowest BCUT2D eigenvalue weighted by atomic mass is 9.80. The van der Waals surface area contributed by atoms with Gasteiger partial charge in [0, 0.05) is 0 Å². The van der Waals surface area contributed by atoms with Gasteiger partial charge >= 0.3 is 0 Å². The van der Waals surface area contributed by atoms with Gasteiger partial charge in [-0.1, -0.05) is 55.3 Å². The normalized spacial score (nSPS) is 20.1. The molecule has 1 N–H and O–H groups in total. The molecule has 1 saturated carbocycles. The molecule has 1 nitrogen and oxygen atoms in total. The smallest absolute Gasteiger partial charge is 0.0902 e. The zero-order valence-corrected chi connectivity index (χ0v) is 10.9. The van der Waals surface area contributed by atoms with E-state index in [1.165, 1.54) is 23.6 Å². The molecule has 3 rings (SSSR count). The first-order valence-electron chi connectivity index (χ1n) is 6.90. The molecule has 2 aromatic carbocycles. The molecule has 94 valence electrons. The molecule has 1 heteroatoms. The molecular weight excluding hydrogens is 220 g/mol. The fourth-order valence-electron chi connectivity index (χ4n) is 3.37. The third-order valence-electron chi connectivity index (χ3n) is 4.49. The Labute approximate surface area is 108 Å². The van der Waals surface area contributed by atoms with E-state index in [1.807, 2.05) is 6.92 Å². The first-order chi connectivity index (χ1) is 8.69. The van der Waals surface area contributed by atoms with Gasteiger partial charge in [0.2, 0.25) is 0 Å². The number of aliphatic hydroxyl groups is 1. The van der Waals surface area contributed by atoms with E-state index in [4.69, 9.17) is 0 Å². The highest BCUT2D eigenvalue weighted by Crippen LogP contribution is 2.42. The second-order valence-electron chi connectivity index (χ2n) is 5.66. The topological polar surface area (TPSA) is 20.2 Å². The number of rotatable bonds is 2. The average Bonchev–Trinajstić information content (AvgIpc) is 2.92. The molecular formula is C17H20O. The monoisotopic (exact) mass is 240 g/mol. The van der Waals surface area contributed by atoms with Crippen molar-refractivity contribution in [3.63, 3.8) is 0 Å². The summed E-state index contributed by atoms with van der Waals surface area (Å²) in [5.74, 6) is 0.406. The molecule has 0 amide bonds. The molecule has 0 saturated heterocycles. The van der Waals surface area contributed by atoms with Crippen molar-refractivity contribution >= 4 is 10.8 Å². The molecule has 1 aliphatic carbocycles. The van der Waals surface area contributed by atoms with Gasteiger partial charge in [-0.25, -0.2) is 0 Å². The molecule has 0 radical (unpaired) electrons.